The Labute approximate surface area is 147 Å². The van der Waals surface area contributed by atoms with E-state index in [1.54, 1.807) is 12.1 Å². The molecule has 1 heterocycles. The van der Waals surface area contributed by atoms with Crippen molar-refractivity contribution in [1.82, 2.24) is 10.2 Å². The molecule has 25 heavy (non-hydrogen) atoms. The standard InChI is InChI=1S/C21H23FN2O/c22-18-9-7-17-8-10-20(19(17)12-18)23-13-15-3-5-16(6-4-15)14-24-11-1-2-21(24)25/h3-7,9,12,20,23H,1-2,8,10-11,13-14H2/t20-/m0/s1. The molecular formula is C21H23FN2O. The van der Waals surface area contributed by atoms with E-state index in [9.17, 15) is 9.18 Å². The minimum Gasteiger partial charge on any atom is -0.338 e. The van der Waals surface area contributed by atoms with E-state index in [2.05, 4.69) is 29.6 Å². The number of hydrogen-bond donors (Lipinski definition) is 1. The number of carbonyl (C=O) groups excluding carboxylic acids is 1. The van der Waals surface area contributed by atoms with E-state index in [0.717, 1.165) is 37.9 Å². The number of amides is 1. The van der Waals surface area contributed by atoms with Crippen molar-refractivity contribution in [3.05, 3.63) is 70.5 Å². The second kappa shape index (κ2) is 6.96. The number of halogens is 1. The Morgan fingerprint density at radius 2 is 1.88 bits per heavy atom. The number of benzene rings is 2. The van der Waals surface area contributed by atoms with E-state index in [4.69, 9.17) is 0 Å². The van der Waals surface area contributed by atoms with E-state index >= 15 is 0 Å². The highest BCUT2D eigenvalue weighted by Crippen LogP contribution is 2.31. The van der Waals surface area contributed by atoms with E-state index < -0.39 is 0 Å². The van der Waals surface area contributed by atoms with Crippen LogP contribution in [0, 0.1) is 5.82 Å². The Hall–Kier alpha value is -2.20. The van der Waals surface area contributed by atoms with Gasteiger partial charge in [-0.05, 0) is 53.6 Å². The summed E-state index contributed by atoms with van der Waals surface area (Å²) in [6.45, 7) is 2.35. The SMILES string of the molecule is O=C1CCCN1Cc1ccc(CN[C@H]2CCc3ccc(F)cc32)cc1. The van der Waals surface area contributed by atoms with Crippen molar-refractivity contribution in [3.63, 3.8) is 0 Å². The predicted molar refractivity (Wildman–Crippen MR) is 95.4 cm³/mol. The highest BCUT2D eigenvalue weighted by atomic mass is 19.1. The third-order valence-corrected chi connectivity index (χ3v) is 5.31. The van der Waals surface area contributed by atoms with Gasteiger partial charge in [-0.1, -0.05) is 30.3 Å². The molecule has 4 rings (SSSR count). The molecule has 1 atom stereocenters. The number of nitrogens with zero attached hydrogens (tertiary/aromatic N) is 1. The first-order valence-electron chi connectivity index (χ1n) is 9.06. The first-order valence-corrected chi connectivity index (χ1v) is 9.06. The fourth-order valence-electron chi connectivity index (χ4n) is 3.88. The molecule has 1 aliphatic heterocycles. The molecule has 2 aromatic carbocycles. The Bertz CT molecular complexity index is 772. The second-order valence-electron chi connectivity index (χ2n) is 7.05. The number of carbonyl (C=O) groups is 1. The zero-order chi connectivity index (χ0) is 17.2. The van der Waals surface area contributed by atoms with Gasteiger partial charge in [0.15, 0.2) is 0 Å². The van der Waals surface area contributed by atoms with Gasteiger partial charge in [0.25, 0.3) is 0 Å². The van der Waals surface area contributed by atoms with Crippen LogP contribution in [0.4, 0.5) is 4.39 Å². The van der Waals surface area contributed by atoms with Crippen molar-refractivity contribution in [2.24, 2.45) is 0 Å². The number of fused-ring (bicyclic) bond motifs is 1. The molecule has 0 aromatic heterocycles. The van der Waals surface area contributed by atoms with Gasteiger partial charge in [0.05, 0.1) is 0 Å². The van der Waals surface area contributed by atoms with Crippen LogP contribution in [0.2, 0.25) is 0 Å². The lowest BCUT2D eigenvalue weighted by Crippen LogP contribution is -2.23. The normalized spacial score (nSPS) is 19.5. The summed E-state index contributed by atoms with van der Waals surface area (Å²) in [4.78, 5) is 13.6. The lowest BCUT2D eigenvalue weighted by atomic mass is 10.1. The second-order valence-corrected chi connectivity index (χ2v) is 7.05. The minimum atomic E-state index is -0.159. The van der Waals surface area contributed by atoms with Gasteiger partial charge >= 0.3 is 0 Å². The molecule has 2 aromatic rings. The number of hydrogen-bond acceptors (Lipinski definition) is 2. The van der Waals surface area contributed by atoms with Gasteiger partial charge in [-0.15, -0.1) is 0 Å². The van der Waals surface area contributed by atoms with Crippen LogP contribution >= 0.6 is 0 Å². The van der Waals surface area contributed by atoms with Crippen LogP contribution in [-0.2, 0) is 24.3 Å². The Balaban J connectivity index is 1.35. The number of rotatable bonds is 5. The average Bonchev–Trinajstić information content (AvgIpc) is 3.20. The summed E-state index contributed by atoms with van der Waals surface area (Å²) in [5.74, 6) is 0.103. The lowest BCUT2D eigenvalue weighted by Gasteiger charge is -2.16. The lowest BCUT2D eigenvalue weighted by molar-refractivity contribution is -0.128. The summed E-state index contributed by atoms with van der Waals surface area (Å²) < 4.78 is 13.5. The van der Waals surface area contributed by atoms with Gasteiger partial charge in [-0.3, -0.25) is 4.79 Å². The molecule has 1 fully saturated rings. The van der Waals surface area contributed by atoms with Gasteiger partial charge in [-0.2, -0.15) is 0 Å². The largest absolute Gasteiger partial charge is 0.338 e. The Morgan fingerprint density at radius 1 is 1.08 bits per heavy atom. The number of nitrogens with one attached hydrogen (secondary N) is 1. The van der Waals surface area contributed by atoms with Gasteiger partial charge in [0.1, 0.15) is 5.82 Å². The topological polar surface area (TPSA) is 32.3 Å². The van der Waals surface area contributed by atoms with Crippen LogP contribution in [0.25, 0.3) is 0 Å². The van der Waals surface area contributed by atoms with Crippen LogP contribution in [0.5, 0.6) is 0 Å². The van der Waals surface area contributed by atoms with Crippen molar-refractivity contribution < 1.29 is 9.18 Å². The van der Waals surface area contributed by atoms with Crippen molar-refractivity contribution in [2.75, 3.05) is 6.54 Å². The van der Waals surface area contributed by atoms with Crippen molar-refractivity contribution in [1.29, 1.82) is 0 Å². The van der Waals surface area contributed by atoms with Crippen molar-refractivity contribution >= 4 is 5.91 Å². The monoisotopic (exact) mass is 338 g/mol. The summed E-state index contributed by atoms with van der Waals surface area (Å²) in [5, 5.41) is 3.55. The molecular weight excluding hydrogens is 315 g/mol. The summed E-state index contributed by atoms with van der Waals surface area (Å²) in [6.07, 6.45) is 3.69. The maximum absolute atomic E-state index is 13.5. The molecule has 1 amide bonds. The zero-order valence-corrected chi connectivity index (χ0v) is 14.3. The summed E-state index contributed by atoms with van der Waals surface area (Å²) >= 11 is 0. The minimum absolute atomic E-state index is 0.159. The van der Waals surface area contributed by atoms with Gasteiger partial charge < -0.3 is 10.2 Å². The van der Waals surface area contributed by atoms with Crippen LogP contribution in [-0.4, -0.2) is 17.4 Å². The molecule has 0 radical (unpaired) electrons. The quantitative estimate of drug-likeness (QED) is 0.901. The molecule has 4 heteroatoms. The highest BCUT2D eigenvalue weighted by Gasteiger charge is 2.22. The smallest absolute Gasteiger partial charge is 0.222 e. The third-order valence-electron chi connectivity index (χ3n) is 5.31. The molecule has 1 saturated heterocycles. The highest BCUT2D eigenvalue weighted by molar-refractivity contribution is 5.78. The maximum Gasteiger partial charge on any atom is 0.222 e. The molecule has 1 aliphatic carbocycles. The molecule has 130 valence electrons. The molecule has 2 aliphatic rings. The first-order chi connectivity index (χ1) is 12.2. The van der Waals surface area contributed by atoms with E-state index in [0.29, 0.717) is 13.0 Å². The van der Waals surface area contributed by atoms with E-state index in [1.807, 2.05) is 11.0 Å². The molecule has 0 spiro atoms. The maximum atomic E-state index is 13.5. The van der Waals surface area contributed by atoms with Gasteiger partial charge in [0, 0.05) is 32.1 Å². The Morgan fingerprint density at radius 3 is 2.64 bits per heavy atom. The third kappa shape index (κ3) is 3.59. The summed E-state index contributed by atoms with van der Waals surface area (Å²) in [6, 6.07) is 13.8. The molecule has 0 saturated carbocycles. The molecule has 1 N–H and O–H groups in total. The number of aryl methyl sites for hydroxylation is 1. The first kappa shape index (κ1) is 16.3. The fraction of sp³-hybridized carbons (Fsp3) is 0.381. The van der Waals surface area contributed by atoms with Crippen LogP contribution in [0.3, 0.4) is 0 Å². The predicted octanol–water partition coefficient (Wildman–Crippen LogP) is 3.73. The zero-order valence-electron chi connectivity index (χ0n) is 14.3. The molecule has 3 nitrogen and oxygen atoms in total. The molecule has 0 unspecified atom stereocenters. The van der Waals surface area contributed by atoms with Gasteiger partial charge in [-0.25, -0.2) is 4.39 Å². The summed E-state index contributed by atoms with van der Waals surface area (Å²) in [5.41, 5.74) is 4.74. The van der Waals surface area contributed by atoms with Crippen molar-refractivity contribution in [2.45, 2.75) is 44.8 Å². The average molecular weight is 338 g/mol. The number of likely N-dealkylation sites (tertiary alicyclic amines) is 1. The van der Waals surface area contributed by atoms with E-state index in [1.165, 1.54) is 16.7 Å². The fourth-order valence-corrected chi connectivity index (χ4v) is 3.88. The van der Waals surface area contributed by atoms with Crippen LogP contribution < -0.4 is 5.32 Å². The Kier molecular flexibility index (Phi) is 4.53. The van der Waals surface area contributed by atoms with Crippen LogP contribution in [0.15, 0.2) is 42.5 Å². The van der Waals surface area contributed by atoms with E-state index in [-0.39, 0.29) is 17.8 Å². The summed E-state index contributed by atoms with van der Waals surface area (Å²) in [7, 11) is 0. The molecule has 0 bridgehead atoms. The van der Waals surface area contributed by atoms with Gasteiger partial charge in [0.2, 0.25) is 5.91 Å². The van der Waals surface area contributed by atoms with Crippen molar-refractivity contribution in [3.8, 4) is 0 Å². The van der Waals surface area contributed by atoms with Crippen LogP contribution in [0.1, 0.15) is 47.6 Å².